The molecule has 5 nitrogen and oxygen atoms in total. The Bertz CT molecular complexity index is 856. The van der Waals surface area contributed by atoms with Gasteiger partial charge < -0.3 is 4.74 Å². The lowest BCUT2D eigenvalue weighted by Crippen LogP contribution is -2.29. The molecule has 25 heavy (non-hydrogen) atoms. The van der Waals surface area contributed by atoms with Gasteiger partial charge in [-0.05, 0) is 31.5 Å². The standard InChI is InChI=1S/C19H21NO4S/c1-15-9-11-18(12-10-15)25(22,23)20(16(2)13-19(21)24-3)14-17-7-5-4-6-8-17/h4-13H,14H2,1-3H3/b16-13+. The molecule has 0 unspecified atom stereocenters. The van der Waals surface area contributed by atoms with Gasteiger partial charge >= 0.3 is 5.97 Å². The lowest BCUT2D eigenvalue weighted by Gasteiger charge is -2.25. The number of ether oxygens (including phenoxy) is 1. The van der Waals surface area contributed by atoms with E-state index >= 15 is 0 Å². The molecule has 0 saturated carbocycles. The van der Waals surface area contributed by atoms with Gasteiger partial charge in [-0.3, -0.25) is 4.31 Å². The maximum absolute atomic E-state index is 13.1. The fourth-order valence-electron chi connectivity index (χ4n) is 2.29. The number of benzene rings is 2. The Morgan fingerprint density at radius 3 is 2.24 bits per heavy atom. The van der Waals surface area contributed by atoms with E-state index in [2.05, 4.69) is 4.74 Å². The van der Waals surface area contributed by atoms with E-state index in [0.29, 0.717) is 0 Å². The van der Waals surface area contributed by atoms with Gasteiger partial charge in [0, 0.05) is 11.8 Å². The van der Waals surface area contributed by atoms with Crippen molar-refractivity contribution < 1.29 is 17.9 Å². The summed E-state index contributed by atoms with van der Waals surface area (Å²) in [6, 6.07) is 15.8. The van der Waals surface area contributed by atoms with Gasteiger partial charge in [-0.2, -0.15) is 0 Å². The predicted molar refractivity (Wildman–Crippen MR) is 96.1 cm³/mol. The van der Waals surface area contributed by atoms with Gasteiger partial charge in [0.05, 0.1) is 18.6 Å². The molecule has 0 fully saturated rings. The summed E-state index contributed by atoms with van der Waals surface area (Å²) in [4.78, 5) is 11.7. The molecule has 0 saturated heterocycles. The summed E-state index contributed by atoms with van der Waals surface area (Å²) in [7, 11) is -2.56. The average Bonchev–Trinajstić information content (AvgIpc) is 2.60. The molecule has 0 spiro atoms. The highest BCUT2D eigenvalue weighted by atomic mass is 32.2. The number of allylic oxidation sites excluding steroid dienone is 1. The van der Waals surface area contributed by atoms with Crippen molar-refractivity contribution in [3.05, 3.63) is 77.5 Å². The largest absolute Gasteiger partial charge is 0.466 e. The number of esters is 1. The van der Waals surface area contributed by atoms with E-state index in [1.54, 1.807) is 31.2 Å². The summed E-state index contributed by atoms with van der Waals surface area (Å²) in [6.45, 7) is 3.59. The van der Waals surface area contributed by atoms with E-state index in [4.69, 9.17) is 0 Å². The number of carbonyl (C=O) groups is 1. The Morgan fingerprint density at radius 1 is 1.08 bits per heavy atom. The Kier molecular flexibility index (Phi) is 5.98. The van der Waals surface area contributed by atoms with Crippen molar-refractivity contribution in [3.63, 3.8) is 0 Å². The van der Waals surface area contributed by atoms with E-state index in [1.165, 1.54) is 17.5 Å². The van der Waals surface area contributed by atoms with Crippen LogP contribution in [0.1, 0.15) is 18.1 Å². The lowest BCUT2D eigenvalue weighted by atomic mass is 10.2. The van der Waals surface area contributed by atoms with Crippen LogP contribution < -0.4 is 0 Å². The minimum absolute atomic E-state index is 0.121. The third kappa shape index (κ3) is 4.70. The molecular formula is C19H21NO4S. The number of nitrogens with zero attached hydrogens (tertiary/aromatic N) is 1. The average molecular weight is 359 g/mol. The van der Waals surface area contributed by atoms with Crippen molar-refractivity contribution in [1.29, 1.82) is 0 Å². The molecule has 0 heterocycles. The molecular weight excluding hydrogens is 338 g/mol. The second-order valence-electron chi connectivity index (χ2n) is 5.62. The molecule has 0 aliphatic carbocycles. The number of hydrogen-bond acceptors (Lipinski definition) is 4. The topological polar surface area (TPSA) is 63.7 Å². The van der Waals surface area contributed by atoms with Crippen LogP contribution in [-0.2, 0) is 26.1 Å². The number of aryl methyl sites for hydroxylation is 1. The molecule has 0 aliphatic heterocycles. The monoisotopic (exact) mass is 359 g/mol. The first kappa shape index (κ1) is 18.7. The molecule has 2 aromatic rings. The molecule has 0 N–H and O–H groups in total. The summed E-state index contributed by atoms with van der Waals surface area (Å²) in [5, 5.41) is 0. The molecule has 0 aliphatic rings. The molecule has 6 heteroatoms. The van der Waals surface area contributed by atoms with Gasteiger partial charge in [-0.25, -0.2) is 13.2 Å². The zero-order valence-electron chi connectivity index (χ0n) is 14.5. The van der Waals surface area contributed by atoms with Crippen LogP contribution >= 0.6 is 0 Å². The van der Waals surface area contributed by atoms with E-state index in [0.717, 1.165) is 11.1 Å². The molecule has 2 aromatic carbocycles. The first-order valence-electron chi connectivity index (χ1n) is 7.74. The Labute approximate surface area is 148 Å². The normalized spacial score (nSPS) is 11.9. The molecule has 0 aromatic heterocycles. The Morgan fingerprint density at radius 2 is 1.68 bits per heavy atom. The van der Waals surface area contributed by atoms with E-state index in [9.17, 15) is 13.2 Å². The van der Waals surface area contributed by atoms with Crippen LogP contribution in [0.5, 0.6) is 0 Å². The number of methoxy groups -OCH3 is 1. The highest BCUT2D eigenvalue weighted by molar-refractivity contribution is 7.89. The van der Waals surface area contributed by atoms with Crippen molar-refractivity contribution in [2.45, 2.75) is 25.3 Å². The third-order valence-electron chi connectivity index (χ3n) is 3.70. The number of rotatable bonds is 6. The second kappa shape index (κ2) is 7.98. The van der Waals surface area contributed by atoms with Gasteiger partial charge in [0.15, 0.2) is 0 Å². The predicted octanol–water partition coefficient (Wildman–Crippen LogP) is 3.26. The fourth-order valence-corrected chi connectivity index (χ4v) is 3.77. The van der Waals surface area contributed by atoms with E-state index in [1.807, 2.05) is 37.3 Å². The number of carbonyl (C=O) groups excluding carboxylic acids is 1. The van der Waals surface area contributed by atoms with Crippen molar-refractivity contribution in [2.24, 2.45) is 0 Å². The molecule has 132 valence electrons. The van der Waals surface area contributed by atoms with Crippen LogP contribution in [0.25, 0.3) is 0 Å². The minimum atomic E-state index is -3.81. The van der Waals surface area contributed by atoms with Crippen molar-refractivity contribution in [2.75, 3.05) is 7.11 Å². The quantitative estimate of drug-likeness (QED) is 0.587. The number of sulfonamides is 1. The Balaban J connectivity index is 2.47. The SMILES string of the molecule is COC(=O)/C=C(\C)N(Cc1ccccc1)S(=O)(=O)c1ccc(C)cc1. The maximum Gasteiger partial charge on any atom is 0.332 e. The molecule has 0 atom stereocenters. The van der Waals surface area contributed by atoms with Crippen molar-refractivity contribution in [3.8, 4) is 0 Å². The lowest BCUT2D eigenvalue weighted by molar-refractivity contribution is -0.134. The van der Waals surface area contributed by atoms with Gasteiger partial charge in [0.25, 0.3) is 10.0 Å². The van der Waals surface area contributed by atoms with Crippen LogP contribution in [0.4, 0.5) is 0 Å². The Hall–Kier alpha value is -2.60. The summed E-state index contributed by atoms with van der Waals surface area (Å²) in [5.41, 5.74) is 2.07. The number of hydrogen-bond donors (Lipinski definition) is 0. The highest BCUT2D eigenvalue weighted by Crippen LogP contribution is 2.23. The fraction of sp³-hybridized carbons (Fsp3) is 0.211. The molecule has 0 amide bonds. The van der Waals surface area contributed by atoms with Gasteiger partial charge in [0.2, 0.25) is 0 Å². The highest BCUT2D eigenvalue weighted by Gasteiger charge is 2.25. The van der Waals surface area contributed by atoms with Crippen LogP contribution in [0.15, 0.2) is 71.3 Å². The zero-order chi connectivity index (χ0) is 18.4. The zero-order valence-corrected chi connectivity index (χ0v) is 15.3. The van der Waals surface area contributed by atoms with Crippen LogP contribution in [0, 0.1) is 6.92 Å². The summed E-state index contributed by atoms with van der Waals surface area (Å²) >= 11 is 0. The van der Waals surface area contributed by atoms with Crippen LogP contribution in [0.3, 0.4) is 0 Å². The van der Waals surface area contributed by atoms with Crippen LogP contribution in [-0.4, -0.2) is 25.8 Å². The maximum atomic E-state index is 13.1. The molecule has 0 bridgehead atoms. The first-order chi connectivity index (χ1) is 11.8. The van der Waals surface area contributed by atoms with Gasteiger partial charge in [0.1, 0.15) is 0 Å². The second-order valence-corrected chi connectivity index (χ2v) is 7.48. The van der Waals surface area contributed by atoms with Crippen molar-refractivity contribution in [1.82, 2.24) is 4.31 Å². The van der Waals surface area contributed by atoms with E-state index in [-0.39, 0.29) is 17.1 Å². The van der Waals surface area contributed by atoms with Crippen LogP contribution in [0.2, 0.25) is 0 Å². The van der Waals surface area contributed by atoms with Gasteiger partial charge in [-0.1, -0.05) is 48.0 Å². The summed E-state index contributed by atoms with van der Waals surface area (Å²) in [5.74, 6) is -0.602. The third-order valence-corrected chi connectivity index (χ3v) is 5.56. The van der Waals surface area contributed by atoms with E-state index < -0.39 is 16.0 Å². The first-order valence-corrected chi connectivity index (χ1v) is 9.18. The smallest absolute Gasteiger partial charge is 0.332 e. The molecule has 2 rings (SSSR count). The summed E-state index contributed by atoms with van der Waals surface area (Å²) in [6.07, 6.45) is 1.18. The molecule has 0 radical (unpaired) electrons. The minimum Gasteiger partial charge on any atom is -0.466 e. The van der Waals surface area contributed by atoms with Gasteiger partial charge in [-0.15, -0.1) is 0 Å². The summed E-state index contributed by atoms with van der Waals surface area (Å²) < 4.78 is 32.0. The van der Waals surface area contributed by atoms with Crippen molar-refractivity contribution >= 4 is 16.0 Å².